The van der Waals surface area contributed by atoms with Crippen molar-refractivity contribution in [3.63, 3.8) is 0 Å². The number of aromatic nitrogens is 1. The smallest absolute Gasteiger partial charge is 0.152 e. The maximum atomic E-state index is 10.2. The molecule has 4 heteroatoms. The minimum absolute atomic E-state index is 0.301. The van der Waals surface area contributed by atoms with Crippen LogP contribution in [0.5, 0.6) is 5.75 Å². The Morgan fingerprint density at radius 3 is 3.13 bits per heavy atom. The molecule has 2 rings (SSSR count). The fourth-order valence-electron chi connectivity index (χ4n) is 1.81. The molecule has 0 unspecified atom stereocenters. The highest BCUT2D eigenvalue weighted by Gasteiger charge is 2.37. The standard InChI is InChI=1S/C11H16N2O2/c1-13-7-3-5-11(13,14)9-15-10-4-2-6-12-8-10/h2,4,6,8,14H,3,5,7,9H2,1H3/t11-/m0/s1. The zero-order valence-corrected chi connectivity index (χ0v) is 8.89. The van der Waals surface area contributed by atoms with Crippen LogP contribution >= 0.6 is 0 Å². The van der Waals surface area contributed by atoms with Crippen LogP contribution in [0.1, 0.15) is 12.8 Å². The molecule has 82 valence electrons. The normalized spacial score (nSPS) is 26.8. The topological polar surface area (TPSA) is 45.6 Å². The average molecular weight is 208 g/mol. The van der Waals surface area contributed by atoms with Gasteiger partial charge in [0.25, 0.3) is 0 Å². The van der Waals surface area contributed by atoms with Crippen LogP contribution in [0.25, 0.3) is 0 Å². The molecule has 1 aliphatic heterocycles. The van der Waals surface area contributed by atoms with Gasteiger partial charge in [-0.05, 0) is 32.0 Å². The second kappa shape index (κ2) is 4.16. The molecule has 15 heavy (non-hydrogen) atoms. The van der Waals surface area contributed by atoms with Crippen LogP contribution in [0.4, 0.5) is 0 Å². The Hall–Kier alpha value is -1.13. The highest BCUT2D eigenvalue weighted by molar-refractivity contribution is 5.15. The van der Waals surface area contributed by atoms with E-state index >= 15 is 0 Å². The Morgan fingerprint density at radius 1 is 1.67 bits per heavy atom. The Labute approximate surface area is 89.5 Å². The zero-order chi connectivity index (χ0) is 10.7. The van der Waals surface area contributed by atoms with E-state index in [2.05, 4.69) is 4.98 Å². The van der Waals surface area contributed by atoms with Gasteiger partial charge in [0.1, 0.15) is 12.4 Å². The van der Waals surface area contributed by atoms with Gasteiger partial charge in [-0.1, -0.05) is 0 Å². The van der Waals surface area contributed by atoms with Crippen LogP contribution in [0.2, 0.25) is 0 Å². The number of rotatable bonds is 3. The molecule has 1 fully saturated rings. The first kappa shape index (κ1) is 10.4. The van der Waals surface area contributed by atoms with Crippen molar-refractivity contribution in [3.8, 4) is 5.75 Å². The van der Waals surface area contributed by atoms with Crippen molar-refractivity contribution in [2.24, 2.45) is 0 Å². The van der Waals surface area contributed by atoms with Gasteiger partial charge in [0.2, 0.25) is 0 Å². The molecule has 2 heterocycles. The van der Waals surface area contributed by atoms with E-state index in [1.807, 2.05) is 24.1 Å². The molecule has 0 aliphatic carbocycles. The number of ether oxygens (including phenoxy) is 1. The fraction of sp³-hybridized carbons (Fsp3) is 0.545. The maximum Gasteiger partial charge on any atom is 0.152 e. The molecule has 1 aliphatic rings. The van der Waals surface area contributed by atoms with Crippen LogP contribution in [-0.2, 0) is 0 Å². The molecule has 0 saturated carbocycles. The predicted molar refractivity (Wildman–Crippen MR) is 56.5 cm³/mol. The summed E-state index contributed by atoms with van der Waals surface area (Å²) >= 11 is 0. The second-order valence-electron chi connectivity index (χ2n) is 3.98. The number of likely N-dealkylation sites (tertiary alicyclic amines) is 1. The van der Waals surface area contributed by atoms with Gasteiger partial charge in [-0.2, -0.15) is 0 Å². The monoisotopic (exact) mass is 208 g/mol. The molecular formula is C11H16N2O2. The summed E-state index contributed by atoms with van der Waals surface area (Å²) in [5.74, 6) is 0.700. The van der Waals surface area contributed by atoms with Gasteiger partial charge in [0.05, 0.1) is 6.20 Å². The highest BCUT2D eigenvalue weighted by atomic mass is 16.5. The molecule has 0 amide bonds. The lowest BCUT2D eigenvalue weighted by Crippen LogP contribution is -2.46. The van der Waals surface area contributed by atoms with E-state index in [1.54, 1.807) is 12.4 Å². The van der Waals surface area contributed by atoms with Crippen molar-refractivity contribution < 1.29 is 9.84 Å². The fourth-order valence-corrected chi connectivity index (χ4v) is 1.81. The van der Waals surface area contributed by atoms with Crippen LogP contribution in [0.15, 0.2) is 24.5 Å². The summed E-state index contributed by atoms with van der Waals surface area (Å²) < 4.78 is 5.51. The van der Waals surface area contributed by atoms with Crippen molar-refractivity contribution in [1.82, 2.24) is 9.88 Å². The molecule has 1 N–H and O–H groups in total. The number of pyridine rings is 1. The zero-order valence-electron chi connectivity index (χ0n) is 8.89. The Balaban J connectivity index is 1.93. The minimum atomic E-state index is -0.810. The third-order valence-corrected chi connectivity index (χ3v) is 2.89. The number of hydrogen-bond acceptors (Lipinski definition) is 4. The molecule has 1 saturated heterocycles. The van der Waals surface area contributed by atoms with Gasteiger partial charge in [-0.25, -0.2) is 0 Å². The van der Waals surface area contributed by atoms with E-state index < -0.39 is 5.72 Å². The van der Waals surface area contributed by atoms with E-state index in [0.717, 1.165) is 19.4 Å². The summed E-state index contributed by atoms with van der Waals surface area (Å²) in [6, 6.07) is 3.66. The van der Waals surface area contributed by atoms with Crippen molar-refractivity contribution >= 4 is 0 Å². The lowest BCUT2D eigenvalue weighted by atomic mass is 10.2. The molecule has 1 atom stereocenters. The molecule has 0 aromatic carbocycles. The van der Waals surface area contributed by atoms with Crippen LogP contribution in [-0.4, -0.2) is 40.9 Å². The third-order valence-electron chi connectivity index (χ3n) is 2.89. The molecule has 4 nitrogen and oxygen atoms in total. The molecule has 0 radical (unpaired) electrons. The lowest BCUT2D eigenvalue weighted by molar-refractivity contribution is -0.0960. The summed E-state index contributed by atoms with van der Waals surface area (Å²) in [4.78, 5) is 5.89. The molecule has 0 bridgehead atoms. The summed E-state index contributed by atoms with van der Waals surface area (Å²) in [5, 5.41) is 10.2. The Kier molecular flexibility index (Phi) is 2.88. The third kappa shape index (κ3) is 2.27. The van der Waals surface area contributed by atoms with Crippen molar-refractivity contribution in [3.05, 3.63) is 24.5 Å². The SMILES string of the molecule is CN1CCC[C@]1(O)COc1cccnc1. The van der Waals surface area contributed by atoms with E-state index in [-0.39, 0.29) is 0 Å². The van der Waals surface area contributed by atoms with Crippen LogP contribution < -0.4 is 4.74 Å². The summed E-state index contributed by atoms with van der Waals surface area (Å²) in [5.41, 5.74) is -0.810. The van der Waals surface area contributed by atoms with E-state index in [9.17, 15) is 5.11 Å². The second-order valence-corrected chi connectivity index (χ2v) is 3.98. The number of hydrogen-bond donors (Lipinski definition) is 1. The van der Waals surface area contributed by atoms with Gasteiger partial charge in [0, 0.05) is 12.7 Å². The van der Waals surface area contributed by atoms with Gasteiger partial charge in [-0.15, -0.1) is 0 Å². The number of likely N-dealkylation sites (N-methyl/N-ethyl adjacent to an activating group) is 1. The first-order valence-electron chi connectivity index (χ1n) is 5.17. The minimum Gasteiger partial charge on any atom is -0.488 e. The largest absolute Gasteiger partial charge is 0.488 e. The van der Waals surface area contributed by atoms with E-state index in [4.69, 9.17) is 4.74 Å². The molecule has 0 spiro atoms. The highest BCUT2D eigenvalue weighted by Crippen LogP contribution is 2.25. The summed E-state index contributed by atoms with van der Waals surface area (Å²) in [6.45, 7) is 1.22. The van der Waals surface area contributed by atoms with Gasteiger partial charge >= 0.3 is 0 Å². The van der Waals surface area contributed by atoms with Crippen LogP contribution in [0, 0.1) is 0 Å². The van der Waals surface area contributed by atoms with Gasteiger partial charge < -0.3 is 9.84 Å². The van der Waals surface area contributed by atoms with Gasteiger partial charge in [0.15, 0.2) is 5.72 Å². The van der Waals surface area contributed by atoms with Crippen molar-refractivity contribution in [2.45, 2.75) is 18.6 Å². The Bertz CT molecular complexity index is 318. The first-order valence-corrected chi connectivity index (χ1v) is 5.17. The summed E-state index contributed by atoms with van der Waals surface area (Å²) in [7, 11) is 1.92. The molecular weight excluding hydrogens is 192 g/mol. The van der Waals surface area contributed by atoms with Crippen LogP contribution in [0.3, 0.4) is 0 Å². The van der Waals surface area contributed by atoms with Crippen molar-refractivity contribution in [1.29, 1.82) is 0 Å². The Morgan fingerprint density at radius 2 is 2.53 bits per heavy atom. The molecule has 1 aromatic rings. The first-order chi connectivity index (χ1) is 7.21. The van der Waals surface area contributed by atoms with Crippen molar-refractivity contribution in [2.75, 3.05) is 20.2 Å². The summed E-state index contributed by atoms with van der Waals surface area (Å²) in [6.07, 6.45) is 5.13. The quantitative estimate of drug-likeness (QED) is 0.800. The predicted octanol–water partition coefficient (Wildman–Crippen LogP) is 0.875. The maximum absolute atomic E-state index is 10.2. The number of aliphatic hydroxyl groups is 1. The molecule has 1 aromatic heterocycles. The average Bonchev–Trinajstić information content (AvgIpc) is 2.59. The number of nitrogens with zero attached hydrogens (tertiary/aromatic N) is 2. The van der Waals surface area contributed by atoms with E-state index in [0.29, 0.717) is 12.4 Å². The lowest BCUT2D eigenvalue weighted by Gasteiger charge is -2.30. The van der Waals surface area contributed by atoms with E-state index in [1.165, 1.54) is 0 Å². The van der Waals surface area contributed by atoms with Gasteiger partial charge in [-0.3, -0.25) is 9.88 Å².